The lowest BCUT2D eigenvalue weighted by Crippen LogP contribution is -2.28. The summed E-state index contributed by atoms with van der Waals surface area (Å²) >= 11 is 0. The third-order valence-corrected chi connectivity index (χ3v) is 3.76. The Morgan fingerprint density at radius 1 is 1.39 bits per heavy atom. The van der Waals surface area contributed by atoms with E-state index in [0.29, 0.717) is 5.92 Å². The highest BCUT2D eigenvalue weighted by atomic mass is 16.5. The van der Waals surface area contributed by atoms with Crippen molar-refractivity contribution in [2.24, 2.45) is 0 Å². The maximum atomic E-state index is 5.78. The van der Waals surface area contributed by atoms with Gasteiger partial charge in [-0.05, 0) is 49.9 Å². The predicted molar refractivity (Wildman–Crippen MR) is 72.3 cm³/mol. The Labute approximate surface area is 107 Å². The molecule has 1 atom stereocenters. The van der Waals surface area contributed by atoms with Crippen molar-refractivity contribution in [3.8, 4) is 5.75 Å². The topological polar surface area (TPSA) is 34.4 Å². The molecule has 1 aromatic heterocycles. The van der Waals surface area contributed by atoms with Crippen molar-refractivity contribution < 1.29 is 9.15 Å². The maximum absolute atomic E-state index is 5.78. The van der Waals surface area contributed by atoms with Crippen LogP contribution in [0, 0.1) is 6.92 Å². The standard InChI is InChI=1S/C15H19NO2/c1-10-8-13-12(11-4-3-7-16-9-11)5-6-14(17-2)15(13)18-10/h5-6,8,11,16H,3-4,7,9H2,1-2H3. The number of furan rings is 1. The molecule has 1 unspecified atom stereocenters. The smallest absolute Gasteiger partial charge is 0.176 e. The van der Waals surface area contributed by atoms with Gasteiger partial charge in [0.15, 0.2) is 11.3 Å². The molecular formula is C15H19NO2. The SMILES string of the molecule is COc1ccc(C2CCCNC2)c2cc(C)oc12. The summed E-state index contributed by atoms with van der Waals surface area (Å²) in [4.78, 5) is 0. The fraction of sp³-hybridized carbons (Fsp3) is 0.467. The zero-order valence-electron chi connectivity index (χ0n) is 11.0. The summed E-state index contributed by atoms with van der Waals surface area (Å²) in [5, 5.41) is 4.68. The van der Waals surface area contributed by atoms with E-state index < -0.39 is 0 Å². The van der Waals surface area contributed by atoms with Crippen LogP contribution >= 0.6 is 0 Å². The number of methoxy groups -OCH3 is 1. The van der Waals surface area contributed by atoms with Gasteiger partial charge in [0.05, 0.1) is 7.11 Å². The second kappa shape index (κ2) is 4.65. The molecule has 1 aliphatic heterocycles. The van der Waals surface area contributed by atoms with E-state index in [1.54, 1.807) is 7.11 Å². The molecule has 0 spiro atoms. The average molecular weight is 245 g/mol. The van der Waals surface area contributed by atoms with E-state index in [4.69, 9.17) is 9.15 Å². The predicted octanol–water partition coefficient (Wildman–Crippen LogP) is 3.22. The summed E-state index contributed by atoms with van der Waals surface area (Å²) < 4.78 is 11.1. The molecule has 0 bridgehead atoms. The minimum absolute atomic E-state index is 0.587. The molecule has 18 heavy (non-hydrogen) atoms. The molecule has 3 heteroatoms. The average Bonchev–Trinajstić information content (AvgIpc) is 2.80. The number of rotatable bonds is 2. The molecule has 1 aliphatic rings. The lowest BCUT2D eigenvalue weighted by atomic mass is 9.89. The largest absolute Gasteiger partial charge is 0.493 e. The number of hydrogen-bond donors (Lipinski definition) is 1. The van der Waals surface area contributed by atoms with E-state index in [-0.39, 0.29) is 0 Å². The second-order valence-corrected chi connectivity index (χ2v) is 5.00. The summed E-state index contributed by atoms with van der Waals surface area (Å²) in [7, 11) is 1.69. The van der Waals surface area contributed by atoms with Crippen molar-refractivity contribution >= 4 is 11.0 Å². The van der Waals surface area contributed by atoms with Crippen LogP contribution in [0.5, 0.6) is 5.75 Å². The summed E-state index contributed by atoms with van der Waals surface area (Å²) in [6, 6.07) is 6.34. The molecule has 1 saturated heterocycles. The molecule has 96 valence electrons. The van der Waals surface area contributed by atoms with E-state index in [1.807, 2.05) is 13.0 Å². The van der Waals surface area contributed by atoms with Crippen molar-refractivity contribution in [1.82, 2.24) is 5.32 Å². The Morgan fingerprint density at radius 3 is 3.00 bits per heavy atom. The minimum Gasteiger partial charge on any atom is -0.493 e. The quantitative estimate of drug-likeness (QED) is 0.882. The van der Waals surface area contributed by atoms with Crippen molar-refractivity contribution in [1.29, 1.82) is 0 Å². The van der Waals surface area contributed by atoms with Crippen LogP contribution in [0.4, 0.5) is 0 Å². The van der Waals surface area contributed by atoms with E-state index in [1.165, 1.54) is 23.8 Å². The molecule has 0 radical (unpaired) electrons. The Balaban J connectivity index is 2.11. The van der Waals surface area contributed by atoms with Crippen molar-refractivity contribution in [3.63, 3.8) is 0 Å². The van der Waals surface area contributed by atoms with Gasteiger partial charge < -0.3 is 14.5 Å². The summed E-state index contributed by atoms with van der Waals surface area (Å²) in [5.74, 6) is 2.36. The van der Waals surface area contributed by atoms with E-state index in [0.717, 1.165) is 30.2 Å². The minimum atomic E-state index is 0.587. The van der Waals surface area contributed by atoms with Crippen molar-refractivity contribution in [3.05, 3.63) is 29.5 Å². The molecule has 3 nitrogen and oxygen atoms in total. The van der Waals surface area contributed by atoms with Gasteiger partial charge in [-0.3, -0.25) is 0 Å². The van der Waals surface area contributed by atoms with E-state index in [2.05, 4.69) is 17.4 Å². The molecule has 2 heterocycles. The normalized spacial score (nSPS) is 20.2. The maximum Gasteiger partial charge on any atom is 0.176 e. The number of aryl methyl sites for hydroxylation is 1. The molecule has 3 rings (SSSR count). The fourth-order valence-corrected chi connectivity index (χ4v) is 2.88. The lowest BCUT2D eigenvalue weighted by molar-refractivity contribution is 0.408. The number of benzene rings is 1. The van der Waals surface area contributed by atoms with Crippen LogP contribution < -0.4 is 10.1 Å². The van der Waals surface area contributed by atoms with Gasteiger partial charge in [-0.2, -0.15) is 0 Å². The van der Waals surface area contributed by atoms with Crippen LogP contribution in [0.1, 0.15) is 30.1 Å². The summed E-state index contributed by atoms with van der Waals surface area (Å²) in [6.45, 7) is 4.19. The van der Waals surface area contributed by atoms with Crippen LogP contribution in [-0.2, 0) is 0 Å². The van der Waals surface area contributed by atoms with Crippen LogP contribution in [0.15, 0.2) is 22.6 Å². The first kappa shape index (κ1) is 11.6. The number of piperidine rings is 1. The molecule has 1 fully saturated rings. The Morgan fingerprint density at radius 2 is 2.28 bits per heavy atom. The summed E-state index contributed by atoms with van der Waals surface area (Å²) in [5.41, 5.74) is 2.27. The molecule has 1 N–H and O–H groups in total. The van der Waals surface area contributed by atoms with Gasteiger partial charge in [-0.15, -0.1) is 0 Å². The molecule has 1 aromatic carbocycles. The first-order valence-corrected chi connectivity index (χ1v) is 6.57. The van der Waals surface area contributed by atoms with Gasteiger partial charge in [0.1, 0.15) is 5.76 Å². The summed E-state index contributed by atoms with van der Waals surface area (Å²) in [6.07, 6.45) is 2.49. The van der Waals surface area contributed by atoms with Gasteiger partial charge in [-0.1, -0.05) is 6.07 Å². The van der Waals surface area contributed by atoms with Crippen LogP contribution in [0.2, 0.25) is 0 Å². The van der Waals surface area contributed by atoms with Crippen LogP contribution in [0.3, 0.4) is 0 Å². The van der Waals surface area contributed by atoms with E-state index >= 15 is 0 Å². The first-order chi connectivity index (χ1) is 8.79. The Kier molecular flexibility index (Phi) is 3.00. The zero-order valence-corrected chi connectivity index (χ0v) is 11.0. The van der Waals surface area contributed by atoms with Gasteiger partial charge in [0, 0.05) is 11.9 Å². The molecule has 0 amide bonds. The monoisotopic (exact) mass is 245 g/mol. The number of ether oxygens (including phenoxy) is 1. The zero-order chi connectivity index (χ0) is 12.5. The number of hydrogen-bond acceptors (Lipinski definition) is 3. The lowest BCUT2D eigenvalue weighted by Gasteiger charge is -2.23. The second-order valence-electron chi connectivity index (χ2n) is 5.00. The third-order valence-electron chi connectivity index (χ3n) is 3.76. The Hall–Kier alpha value is -1.48. The van der Waals surface area contributed by atoms with Crippen molar-refractivity contribution in [2.75, 3.05) is 20.2 Å². The third kappa shape index (κ3) is 1.89. The molecule has 0 saturated carbocycles. The fourth-order valence-electron chi connectivity index (χ4n) is 2.88. The van der Waals surface area contributed by atoms with Crippen LogP contribution in [-0.4, -0.2) is 20.2 Å². The molecule has 2 aromatic rings. The molecule has 0 aliphatic carbocycles. The van der Waals surface area contributed by atoms with Gasteiger partial charge in [-0.25, -0.2) is 0 Å². The number of fused-ring (bicyclic) bond motifs is 1. The molecular weight excluding hydrogens is 226 g/mol. The van der Waals surface area contributed by atoms with Gasteiger partial charge in [0.25, 0.3) is 0 Å². The number of nitrogens with one attached hydrogen (secondary N) is 1. The van der Waals surface area contributed by atoms with Crippen LogP contribution in [0.25, 0.3) is 11.0 Å². The van der Waals surface area contributed by atoms with Crippen molar-refractivity contribution in [2.45, 2.75) is 25.7 Å². The van der Waals surface area contributed by atoms with Gasteiger partial charge >= 0.3 is 0 Å². The van der Waals surface area contributed by atoms with E-state index in [9.17, 15) is 0 Å². The highest BCUT2D eigenvalue weighted by Gasteiger charge is 2.20. The van der Waals surface area contributed by atoms with Gasteiger partial charge in [0.2, 0.25) is 0 Å². The Bertz CT molecular complexity index is 553. The first-order valence-electron chi connectivity index (χ1n) is 6.57. The highest BCUT2D eigenvalue weighted by Crippen LogP contribution is 2.36. The highest BCUT2D eigenvalue weighted by molar-refractivity contribution is 5.87.